The van der Waals surface area contributed by atoms with E-state index in [1.54, 1.807) is 12.1 Å². The molecule has 0 N–H and O–H groups in total. The number of piperazine rings is 1. The number of anilines is 1. The second-order valence-corrected chi connectivity index (χ2v) is 8.15. The van der Waals surface area contributed by atoms with E-state index >= 15 is 0 Å². The molecule has 3 rings (SSSR count). The van der Waals surface area contributed by atoms with Crippen molar-refractivity contribution in [2.75, 3.05) is 37.6 Å². The molecule has 2 atom stereocenters. The highest BCUT2D eigenvalue weighted by Crippen LogP contribution is 2.32. The summed E-state index contributed by atoms with van der Waals surface area (Å²) < 4.78 is 38.3. The molecule has 0 spiro atoms. The second-order valence-electron chi connectivity index (χ2n) is 8.15. The van der Waals surface area contributed by atoms with Gasteiger partial charge < -0.3 is 4.90 Å². The van der Waals surface area contributed by atoms with E-state index in [1.165, 1.54) is 17.8 Å². The highest BCUT2D eigenvalue weighted by molar-refractivity contribution is 5.46. The maximum Gasteiger partial charge on any atom is 0.416 e. The van der Waals surface area contributed by atoms with Crippen LogP contribution in [0.5, 0.6) is 0 Å². The van der Waals surface area contributed by atoms with Gasteiger partial charge in [0.15, 0.2) is 0 Å². The van der Waals surface area contributed by atoms with Crippen molar-refractivity contribution in [3.05, 3.63) is 65.7 Å². The van der Waals surface area contributed by atoms with Gasteiger partial charge in [-0.1, -0.05) is 50.6 Å². The zero-order valence-electron chi connectivity index (χ0n) is 17.3. The largest absolute Gasteiger partial charge is 0.416 e. The zero-order valence-corrected chi connectivity index (χ0v) is 17.3. The van der Waals surface area contributed by atoms with Crippen LogP contribution in [0.25, 0.3) is 0 Å². The SMILES string of the molecule is CCC(CC(C)c1ccc(C(F)(F)F)cc1)CN1CCN(c2ccccc2)CC1. The molecule has 1 fully saturated rings. The van der Waals surface area contributed by atoms with E-state index in [2.05, 4.69) is 47.9 Å². The van der Waals surface area contributed by atoms with Gasteiger partial charge in [-0.2, -0.15) is 13.2 Å². The molecule has 5 heteroatoms. The molecule has 2 nitrogen and oxygen atoms in total. The molecule has 0 aromatic heterocycles. The summed E-state index contributed by atoms with van der Waals surface area (Å²) in [5.74, 6) is 0.809. The molecule has 1 aliphatic rings. The second kappa shape index (κ2) is 9.66. The van der Waals surface area contributed by atoms with Crippen molar-refractivity contribution in [2.45, 2.75) is 38.8 Å². The lowest BCUT2D eigenvalue weighted by atomic mass is 9.88. The Bertz CT molecular complexity index is 735. The Morgan fingerprint density at radius 1 is 0.897 bits per heavy atom. The molecule has 1 heterocycles. The first-order chi connectivity index (χ1) is 13.9. The van der Waals surface area contributed by atoms with E-state index in [1.807, 2.05) is 6.07 Å². The molecular formula is C24H31F3N2. The van der Waals surface area contributed by atoms with Gasteiger partial charge >= 0.3 is 6.18 Å². The molecule has 29 heavy (non-hydrogen) atoms. The summed E-state index contributed by atoms with van der Waals surface area (Å²) in [5, 5.41) is 0. The third kappa shape index (κ3) is 5.99. The minimum atomic E-state index is -4.27. The summed E-state index contributed by atoms with van der Waals surface area (Å²) in [6.07, 6.45) is -2.18. The summed E-state index contributed by atoms with van der Waals surface area (Å²) in [6.45, 7) is 9.58. The van der Waals surface area contributed by atoms with Crippen LogP contribution >= 0.6 is 0 Å². The number of para-hydroxylation sites is 1. The Kier molecular flexibility index (Phi) is 7.23. The fourth-order valence-corrected chi connectivity index (χ4v) is 4.20. The summed E-state index contributed by atoms with van der Waals surface area (Å²) in [4.78, 5) is 4.97. The third-order valence-corrected chi connectivity index (χ3v) is 6.08. The minimum absolute atomic E-state index is 0.257. The number of rotatable bonds is 7. The van der Waals surface area contributed by atoms with Crippen LogP contribution < -0.4 is 4.90 Å². The quantitative estimate of drug-likeness (QED) is 0.554. The molecule has 0 amide bonds. The topological polar surface area (TPSA) is 6.48 Å². The molecule has 2 unspecified atom stereocenters. The van der Waals surface area contributed by atoms with Gasteiger partial charge in [-0.05, 0) is 48.1 Å². The molecule has 2 aromatic rings. The monoisotopic (exact) mass is 404 g/mol. The number of hydrogen-bond acceptors (Lipinski definition) is 2. The van der Waals surface area contributed by atoms with Gasteiger partial charge in [0.2, 0.25) is 0 Å². The highest BCUT2D eigenvalue weighted by Gasteiger charge is 2.30. The third-order valence-electron chi connectivity index (χ3n) is 6.08. The predicted octanol–water partition coefficient (Wildman–Crippen LogP) is 6.05. The molecule has 0 bridgehead atoms. The van der Waals surface area contributed by atoms with Crippen molar-refractivity contribution >= 4 is 5.69 Å². The zero-order chi connectivity index (χ0) is 20.9. The molecule has 0 radical (unpaired) electrons. The highest BCUT2D eigenvalue weighted by atomic mass is 19.4. The van der Waals surface area contributed by atoms with E-state index in [0.29, 0.717) is 5.92 Å². The summed E-state index contributed by atoms with van der Waals surface area (Å²) in [7, 11) is 0. The van der Waals surface area contributed by atoms with Crippen LogP contribution in [0.15, 0.2) is 54.6 Å². The fourth-order valence-electron chi connectivity index (χ4n) is 4.20. The Morgan fingerprint density at radius 3 is 2.07 bits per heavy atom. The molecule has 158 valence electrons. The van der Waals surface area contributed by atoms with Crippen LogP contribution in [-0.4, -0.2) is 37.6 Å². The van der Waals surface area contributed by atoms with E-state index in [-0.39, 0.29) is 5.92 Å². The average molecular weight is 405 g/mol. The van der Waals surface area contributed by atoms with E-state index < -0.39 is 11.7 Å². The van der Waals surface area contributed by atoms with Crippen molar-refractivity contribution in [3.63, 3.8) is 0 Å². The van der Waals surface area contributed by atoms with Crippen molar-refractivity contribution in [1.29, 1.82) is 0 Å². The predicted molar refractivity (Wildman–Crippen MR) is 113 cm³/mol. The Balaban J connectivity index is 1.50. The summed E-state index contributed by atoms with van der Waals surface area (Å²) in [6, 6.07) is 16.2. The van der Waals surface area contributed by atoms with Crippen LogP contribution in [-0.2, 0) is 6.18 Å². The first-order valence-electron chi connectivity index (χ1n) is 10.6. The Hall–Kier alpha value is -2.01. The lowest BCUT2D eigenvalue weighted by Gasteiger charge is -2.38. The molecule has 1 saturated heterocycles. The van der Waals surface area contributed by atoms with E-state index in [9.17, 15) is 13.2 Å². The van der Waals surface area contributed by atoms with E-state index in [4.69, 9.17) is 0 Å². The normalized spacial score (nSPS) is 17.9. The minimum Gasteiger partial charge on any atom is -0.369 e. The van der Waals surface area contributed by atoms with Crippen LogP contribution in [0.4, 0.5) is 18.9 Å². The molecular weight excluding hydrogens is 373 g/mol. The molecule has 0 aliphatic carbocycles. The fraction of sp³-hybridized carbons (Fsp3) is 0.500. The lowest BCUT2D eigenvalue weighted by Crippen LogP contribution is -2.47. The summed E-state index contributed by atoms with van der Waals surface area (Å²) >= 11 is 0. The van der Waals surface area contributed by atoms with Crippen LogP contribution in [0.3, 0.4) is 0 Å². The smallest absolute Gasteiger partial charge is 0.369 e. The number of nitrogens with zero attached hydrogens (tertiary/aromatic N) is 2. The first-order valence-corrected chi connectivity index (χ1v) is 10.6. The van der Waals surface area contributed by atoms with Crippen molar-refractivity contribution in [2.24, 2.45) is 5.92 Å². The molecule has 2 aromatic carbocycles. The number of alkyl halides is 3. The standard InChI is InChI=1S/C24H31F3N2/c1-3-20(17-19(2)21-9-11-22(12-10-21)24(25,26)27)18-28-13-15-29(16-14-28)23-7-5-4-6-8-23/h4-12,19-20H,3,13-18H2,1-2H3. The average Bonchev–Trinajstić information content (AvgIpc) is 2.74. The number of benzene rings is 2. The number of hydrogen-bond donors (Lipinski definition) is 0. The van der Waals surface area contributed by atoms with Crippen molar-refractivity contribution in [1.82, 2.24) is 4.90 Å². The van der Waals surface area contributed by atoms with Crippen LogP contribution in [0, 0.1) is 5.92 Å². The molecule has 1 aliphatic heterocycles. The van der Waals surface area contributed by atoms with Gasteiger partial charge in [-0.3, -0.25) is 4.90 Å². The number of halogens is 3. The Labute approximate surface area is 172 Å². The van der Waals surface area contributed by atoms with Crippen LogP contribution in [0.1, 0.15) is 43.7 Å². The van der Waals surface area contributed by atoms with Gasteiger partial charge in [-0.15, -0.1) is 0 Å². The van der Waals surface area contributed by atoms with Crippen LogP contribution in [0.2, 0.25) is 0 Å². The van der Waals surface area contributed by atoms with E-state index in [0.717, 1.165) is 51.1 Å². The molecule has 0 saturated carbocycles. The maximum atomic E-state index is 12.8. The van der Waals surface area contributed by atoms with Gasteiger partial charge in [0.05, 0.1) is 5.56 Å². The van der Waals surface area contributed by atoms with Gasteiger partial charge in [0, 0.05) is 38.4 Å². The first kappa shape index (κ1) is 21.7. The van der Waals surface area contributed by atoms with Gasteiger partial charge in [-0.25, -0.2) is 0 Å². The lowest BCUT2D eigenvalue weighted by molar-refractivity contribution is -0.137. The van der Waals surface area contributed by atoms with Gasteiger partial charge in [0.25, 0.3) is 0 Å². The Morgan fingerprint density at radius 2 is 1.52 bits per heavy atom. The van der Waals surface area contributed by atoms with Crippen molar-refractivity contribution < 1.29 is 13.2 Å². The summed E-state index contributed by atoms with van der Waals surface area (Å²) in [5.41, 5.74) is 1.71. The maximum absolute atomic E-state index is 12.8. The van der Waals surface area contributed by atoms with Gasteiger partial charge in [0.1, 0.15) is 0 Å². The van der Waals surface area contributed by atoms with Crippen molar-refractivity contribution in [3.8, 4) is 0 Å².